The molecule has 0 saturated heterocycles. The zero-order chi connectivity index (χ0) is 25.9. The Morgan fingerprint density at radius 2 is 1.65 bits per heavy atom. The predicted octanol–water partition coefficient (Wildman–Crippen LogP) is 4.92. The van der Waals surface area contributed by atoms with Gasteiger partial charge in [0.1, 0.15) is 21.9 Å². The Labute approximate surface area is 206 Å². The molecule has 34 heavy (non-hydrogen) atoms. The maximum absolute atomic E-state index is 13.9. The van der Waals surface area contributed by atoms with E-state index in [9.17, 15) is 14.7 Å². The van der Waals surface area contributed by atoms with Crippen molar-refractivity contribution in [3.05, 3.63) is 26.3 Å². The third-order valence-corrected chi connectivity index (χ3v) is 7.85. The van der Waals surface area contributed by atoms with E-state index in [-0.39, 0.29) is 67.9 Å². The second-order valence-corrected chi connectivity index (χ2v) is 12.5. The van der Waals surface area contributed by atoms with Gasteiger partial charge in [-0.05, 0) is 55.3 Å². The van der Waals surface area contributed by atoms with E-state index in [4.69, 9.17) is 22.1 Å². The van der Waals surface area contributed by atoms with Gasteiger partial charge in [0.05, 0.1) is 5.92 Å². The number of anilines is 1. The summed E-state index contributed by atoms with van der Waals surface area (Å²) in [5, 5.41) is 9.87. The highest BCUT2D eigenvalue weighted by molar-refractivity contribution is 6.31. The van der Waals surface area contributed by atoms with Gasteiger partial charge in [0.25, 0.3) is 5.56 Å². The molecular weight excluding hydrogens is 454 g/mol. The second-order valence-electron chi connectivity index (χ2n) is 12.1. The molecule has 0 aromatic carbocycles. The van der Waals surface area contributed by atoms with Crippen molar-refractivity contribution in [3.8, 4) is 5.75 Å². The molecule has 1 aliphatic rings. The van der Waals surface area contributed by atoms with Crippen LogP contribution in [0.4, 0.5) is 5.82 Å². The van der Waals surface area contributed by atoms with E-state index in [1.54, 1.807) is 6.92 Å². The summed E-state index contributed by atoms with van der Waals surface area (Å²) >= 11 is 6.47. The number of aromatic nitrogens is 2. The number of carbonyl (C=O) groups is 1. The molecule has 2 heterocycles. The number of esters is 1. The minimum atomic E-state index is -0.607. The summed E-state index contributed by atoms with van der Waals surface area (Å²) in [5.41, 5.74) is 5.69. The largest absolute Gasteiger partial charge is 0.512 e. The summed E-state index contributed by atoms with van der Waals surface area (Å²) in [4.78, 5) is 31.2. The highest BCUT2D eigenvalue weighted by atomic mass is 35.5. The van der Waals surface area contributed by atoms with Crippen LogP contribution < -0.4 is 21.2 Å². The molecule has 2 aromatic rings. The number of hydrogen-bond donors (Lipinski definition) is 2. The van der Waals surface area contributed by atoms with Crippen LogP contribution in [0.3, 0.4) is 0 Å². The van der Waals surface area contributed by atoms with Gasteiger partial charge in [0, 0.05) is 5.56 Å². The molecule has 7 nitrogen and oxygen atoms in total. The van der Waals surface area contributed by atoms with E-state index in [1.807, 2.05) is 0 Å². The van der Waals surface area contributed by atoms with Gasteiger partial charge in [0.2, 0.25) is 0 Å². The van der Waals surface area contributed by atoms with Crippen LogP contribution in [0.15, 0.2) is 4.79 Å². The van der Waals surface area contributed by atoms with E-state index in [0.29, 0.717) is 11.5 Å². The van der Waals surface area contributed by atoms with Gasteiger partial charge in [-0.25, -0.2) is 9.38 Å². The molecule has 2 aromatic heterocycles. The Morgan fingerprint density at radius 3 is 2.09 bits per heavy atom. The molecule has 0 aliphatic heterocycles. The number of rotatable bonds is 2. The van der Waals surface area contributed by atoms with Crippen molar-refractivity contribution in [2.24, 2.45) is 34.5 Å². The lowest BCUT2D eigenvalue weighted by Crippen LogP contribution is -2.48. The summed E-state index contributed by atoms with van der Waals surface area (Å²) in [6, 6.07) is 0. The fourth-order valence-corrected chi connectivity index (χ4v) is 5.82. The molecule has 3 rings (SSSR count). The van der Waals surface area contributed by atoms with E-state index in [1.165, 1.54) is 6.92 Å². The number of aliphatic hydroxyl groups is 1. The number of hydrogen-bond acceptors (Lipinski definition) is 6. The standard InChI is InChI=1S/C26H38ClN3O4/c1-12-10-15(25(4,5)6)18(16(11-12)26(7,8)9)24(33)34-19-13(2)20(27)30-22(19)29-21(28)17(14(3)31)23(30)32/h12,15-16,18,31H,10-11H2,1-9H3,(H2,28,29)/b17-14-. The first-order chi connectivity index (χ1) is 15.5. The number of aliphatic hydroxyl groups excluding tert-OH is 1. The molecule has 0 spiro atoms. The molecular formula is C26H38ClN3O4. The molecule has 0 radical (unpaired) electrons. The van der Waals surface area contributed by atoms with Gasteiger partial charge in [-0.15, -0.1) is 0 Å². The second kappa shape index (κ2) is 8.74. The van der Waals surface area contributed by atoms with Crippen LogP contribution in [0.25, 0.3) is 11.4 Å². The minimum absolute atomic E-state index is 0.0761. The van der Waals surface area contributed by atoms with Crippen LogP contribution in [0, 0.1) is 41.4 Å². The quantitative estimate of drug-likeness (QED) is 0.577. The fraction of sp³-hybridized carbons (Fsp3) is 0.654. The van der Waals surface area contributed by atoms with Crippen molar-refractivity contribution in [3.63, 3.8) is 0 Å². The first-order valence-electron chi connectivity index (χ1n) is 11.9. The van der Waals surface area contributed by atoms with Gasteiger partial charge < -0.3 is 15.6 Å². The zero-order valence-electron chi connectivity index (χ0n) is 21.7. The monoisotopic (exact) mass is 491 g/mol. The normalized spacial score (nSPS) is 24.9. The summed E-state index contributed by atoms with van der Waals surface area (Å²) in [6.45, 7) is 18.3. The predicted molar refractivity (Wildman–Crippen MR) is 136 cm³/mol. The summed E-state index contributed by atoms with van der Waals surface area (Å²) in [6.07, 6.45) is 1.88. The highest BCUT2D eigenvalue weighted by Crippen LogP contribution is 2.52. The molecule has 2 atom stereocenters. The van der Waals surface area contributed by atoms with Gasteiger partial charge in [0.15, 0.2) is 11.4 Å². The van der Waals surface area contributed by atoms with Crippen LogP contribution in [0.5, 0.6) is 5.75 Å². The lowest BCUT2D eigenvalue weighted by Gasteiger charge is -2.49. The SMILES string of the molecule is C/C(O)=c1\c(N)nc2c(OC(=O)C3C(C(C)(C)C)CC(C)CC3C(C)(C)C)c(C)c(Cl)n2c1=O. The van der Waals surface area contributed by atoms with E-state index in [2.05, 4.69) is 53.5 Å². The highest BCUT2D eigenvalue weighted by Gasteiger charge is 2.50. The van der Waals surface area contributed by atoms with Gasteiger partial charge in [-0.3, -0.25) is 9.59 Å². The van der Waals surface area contributed by atoms with Crippen molar-refractivity contribution in [1.82, 2.24) is 9.38 Å². The van der Waals surface area contributed by atoms with Crippen LogP contribution in [0.1, 0.15) is 73.8 Å². The summed E-state index contributed by atoms with van der Waals surface area (Å²) < 4.78 is 7.18. The number of carbonyl (C=O) groups excluding carboxylic acids is 1. The molecule has 3 N–H and O–H groups in total. The van der Waals surface area contributed by atoms with E-state index >= 15 is 0 Å². The molecule has 188 valence electrons. The third kappa shape index (κ3) is 4.51. The Balaban J connectivity index is 2.17. The summed E-state index contributed by atoms with van der Waals surface area (Å²) in [7, 11) is 0. The Hall–Kier alpha value is -2.28. The Morgan fingerprint density at radius 1 is 1.15 bits per heavy atom. The van der Waals surface area contributed by atoms with E-state index < -0.39 is 5.56 Å². The first-order valence-corrected chi connectivity index (χ1v) is 12.3. The van der Waals surface area contributed by atoms with Crippen LogP contribution >= 0.6 is 11.6 Å². The number of halogens is 1. The maximum Gasteiger partial charge on any atom is 0.315 e. The lowest BCUT2D eigenvalue weighted by atomic mass is 9.55. The Bertz CT molecular complexity index is 1210. The molecule has 0 bridgehead atoms. The Kier molecular flexibility index (Phi) is 6.77. The van der Waals surface area contributed by atoms with Crippen molar-refractivity contribution < 1.29 is 14.6 Å². The van der Waals surface area contributed by atoms with Crippen molar-refractivity contribution in [1.29, 1.82) is 0 Å². The number of nitrogen functional groups attached to an aromatic ring is 1. The van der Waals surface area contributed by atoms with E-state index in [0.717, 1.165) is 17.2 Å². The van der Waals surface area contributed by atoms with Crippen LogP contribution in [-0.4, -0.2) is 20.5 Å². The smallest absolute Gasteiger partial charge is 0.315 e. The molecule has 0 amide bonds. The fourth-order valence-electron chi connectivity index (χ4n) is 5.58. The molecule has 1 aliphatic carbocycles. The average Bonchev–Trinajstić information content (AvgIpc) is 2.90. The molecule has 8 heteroatoms. The van der Waals surface area contributed by atoms with Crippen molar-refractivity contribution >= 4 is 34.8 Å². The molecule has 1 fully saturated rings. The molecule has 2 unspecified atom stereocenters. The first kappa shape index (κ1) is 26.3. The number of fused-ring (bicyclic) bond motifs is 1. The summed E-state index contributed by atoms with van der Waals surface area (Å²) in [5.74, 6) is -0.148. The van der Waals surface area contributed by atoms with Gasteiger partial charge >= 0.3 is 5.97 Å². The topological polar surface area (TPSA) is 107 Å². The maximum atomic E-state index is 13.9. The van der Waals surface area contributed by atoms with Crippen molar-refractivity contribution in [2.75, 3.05) is 5.73 Å². The van der Waals surface area contributed by atoms with Crippen LogP contribution in [-0.2, 0) is 4.79 Å². The number of ether oxygens (including phenoxy) is 1. The molecule has 1 saturated carbocycles. The van der Waals surface area contributed by atoms with Gasteiger partial charge in [-0.2, -0.15) is 0 Å². The minimum Gasteiger partial charge on any atom is -0.512 e. The van der Waals surface area contributed by atoms with Crippen molar-refractivity contribution in [2.45, 2.75) is 75.2 Å². The van der Waals surface area contributed by atoms with Crippen LogP contribution in [0.2, 0.25) is 5.15 Å². The number of nitrogens with two attached hydrogens (primary N) is 1. The lowest BCUT2D eigenvalue weighted by molar-refractivity contribution is -0.152. The number of nitrogens with zero attached hydrogens (tertiary/aromatic N) is 2. The average molecular weight is 492 g/mol. The van der Waals surface area contributed by atoms with Gasteiger partial charge in [-0.1, -0.05) is 60.1 Å². The third-order valence-electron chi connectivity index (χ3n) is 7.40. The zero-order valence-corrected chi connectivity index (χ0v) is 22.5.